The number of anilines is 1. The van der Waals surface area contributed by atoms with Crippen LogP contribution in [0.25, 0.3) is 22.0 Å². The zero-order valence-corrected chi connectivity index (χ0v) is 12.6. The Hall–Kier alpha value is -2.59. The molecule has 0 saturated heterocycles. The van der Waals surface area contributed by atoms with Crippen LogP contribution < -0.4 is 5.73 Å². The maximum Gasteiger partial charge on any atom is 0.356 e. The Morgan fingerprint density at radius 3 is 2.73 bits per heavy atom. The normalized spacial score (nSPS) is 10.6. The van der Waals surface area contributed by atoms with Crippen LogP contribution in [0.5, 0.6) is 0 Å². The van der Waals surface area contributed by atoms with Crippen LogP contribution in [0.3, 0.4) is 0 Å². The number of esters is 1. The first-order valence-electron chi connectivity index (χ1n) is 6.63. The number of nitrogens with zero attached hydrogens (tertiary/aromatic N) is 1. The van der Waals surface area contributed by atoms with Crippen molar-refractivity contribution in [2.75, 3.05) is 12.8 Å². The topological polar surface area (TPSA) is 65.2 Å². The van der Waals surface area contributed by atoms with Crippen molar-refractivity contribution < 1.29 is 9.53 Å². The zero-order valence-electron chi connectivity index (χ0n) is 11.8. The number of pyridine rings is 1. The highest BCUT2D eigenvalue weighted by Gasteiger charge is 2.10. The number of aromatic nitrogens is 1. The number of benzene rings is 2. The molecule has 0 spiro atoms. The molecule has 0 amide bonds. The van der Waals surface area contributed by atoms with Gasteiger partial charge in [-0.2, -0.15) is 0 Å². The molecule has 0 bridgehead atoms. The molecule has 110 valence electrons. The number of fused-ring (bicyclic) bond motifs is 1. The number of carbonyl (C=O) groups excluding carboxylic acids is 1. The predicted molar refractivity (Wildman–Crippen MR) is 87.9 cm³/mol. The van der Waals surface area contributed by atoms with Gasteiger partial charge in [-0.1, -0.05) is 29.8 Å². The summed E-state index contributed by atoms with van der Waals surface area (Å²) in [6, 6.07) is 14.5. The van der Waals surface area contributed by atoms with Gasteiger partial charge in [0.15, 0.2) is 0 Å². The van der Waals surface area contributed by atoms with Gasteiger partial charge < -0.3 is 10.5 Å². The fraction of sp³-hybridized carbons (Fsp3) is 0.0588. The number of hydrogen-bond acceptors (Lipinski definition) is 4. The highest BCUT2D eigenvalue weighted by atomic mass is 35.5. The van der Waals surface area contributed by atoms with Crippen LogP contribution in [0.2, 0.25) is 5.02 Å². The summed E-state index contributed by atoms with van der Waals surface area (Å²) in [5.74, 6) is -0.467. The highest BCUT2D eigenvalue weighted by molar-refractivity contribution is 6.36. The van der Waals surface area contributed by atoms with E-state index in [0.29, 0.717) is 16.4 Å². The third-order valence-corrected chi connectivity index (χ3v) is 3.77. The van der Waals surface area contributed by atoms with Crippen LogP contribution in [0.1, 0.15) is 10.5 Å². The summed E-state index contributed by atoms with van der Waals surface area (Å²) >= 11 is 6.18. The van der Waals surface area contributed by atoms with Gasteiger partial charge in [-0.05, 0) is 30.3 Å². The number of hydrogen-bond donors (Lipinski definition) is 1. The number of nitrogen functional groups attached to an aromatic ring is 1. The minimum absolute atomic E-state index is 0.263. The van der Waals surface area contributed by atoms with Gasteiger partial charge in [0.25, 0.3) is 0 Å². The molecular formula is C17H13ClN2O2. The lowest BCUT2D eigenvalue weighted by atomic mass is 10.0. The van der Waals surface area contributed by atoms with Gasteiger partial charge in [-0.25, -0.2) is 9.78 Å². The van der Waals surface area contributed by atoms with Crippen LogP contribution in [0.15, 0.2) is 48.5 Å². The fourth-order valence-electron chi connectivity index (χ4n) is 2.31. The van der Waals surface area contributed by atoms with Gasteiger partial charge in [-0.15, -0.1) is 0 Å². The van der Waals surface area contributed by atoms with E-state index < -0.39 is 5.97 Å². The van der Waals surface area contributed by atoms with Gasteiger partial charge in [0.1, 0.15) is 5.69 Å². The number of halogens is 1. The van der Waals surface area contributed by atoms with E-state index in [1.54, 1.807) is 24.3 Å². The SMILES string of the molecule is COC(=O)c1cccc(-c2ccc3c(Cl)ccc(N)c3c2)n1. The molecule has 3 rings (SSSR count). The summed E-state index contributed by atoms with van der Waals surface area (Å²) in [4.78, 5) is 15.9. The molecule has 0 aliphatic heterocycles. The lowest BCUT2D eigenvalue weighted by Crippen LogP contribution is -2.04. The third-order valence-electron chi connectivity index (χ3n) is 3.44. The van der Waals surface area contributed by atoms with E-state index in [2.05, 4.69) is 4.98 Å². The number of nitrogens with two attached hydrogens (primary N) is 1. The van der Waals surface area contributed by atoms with Gasteiger partial charge >= 0.3 is 5.97 Å². The molecule has 0 atom stereocenters. The minimum atomic E-state index is -0.467. The second-order valence-electron chi connectivity index (χ2n) is 4.80. The van der Waals surface area contributed by atoms with E-state index in [1.807, 2.05) is 24.3 Å². The van der Waals surface area contributed by atoms with Crippen LogP contribution in [0.4, 0.5) is 5.69 Å². The standard InChI is InChI=1S/C17H13ClN2O2/c1-22-17(21)16-4-2-3-15(20-16)10-5-6-11-12(9-10)14(19)8-7-13(11)18/h2-9H,19H2,1H3. The summed E-state index contributed by atoms with van der Waals surface area (Å²) in [5.41, 5.74) is 8.45. The van der Waals surface area contributed by atoms with Crippen molar-refractivity contribution in [2.24, 2.45) is 0 Å². The largest absolute Gasteiger partial charge is 0.464 e. The lowest BCUT2D eigenvalue weighted by Gasteiger charge is -2.08. The van der Waals surface area contributed by atoms with E-state index in [0.717, 1.165) is 16.3 Å². The predicted octanol–water partition coefficient (Wildman–Crippen LogP) is 3.92. The van der Waals surface area contributed by atoms with Gasteiger partial charge in [0, 0.05) is 27.0 Å². The molecule has 22 heavy (non-hydrogen) atoms. The van der Waals surface area contributed by atoms with E-state index in [4.69, 9.17) is 22.1 Å². The smallest absolute Gasteiger partial charge is 0.356 e. The molecule has 0 aliphatic carbocycles. The maximum atomic E-state index is 11.6. The molecule has 3 aromatic rings. The van der Waals surface area contributed by atoms with Gasteiger partial charge in [0.2, 0.25) is 0 Å². The van der Waals surface area contributed by atoms with E-state index >= 15 is 0 Å². The Kier molecular flexibility index (Phi) is 3.69. The van der Waals surface area contributed by atoms with Gasteiger partial charge in [-0.3, -0.25) is 0 Å². The molecule has 1 heterocycles. The van der Waals surface area contributed by atoms with Crippen LogP contribution in [0, 0.1) is 0 Å². The quantitative estimate of drug-likeness (QED) is 0.575. The maximum absolute atomic E-state index is 11.6. The van der Waals surface area contributed by atoms with Crippen molar-refractivity contribution in [2.45, 2.75) is 0 Å². The van der Waals surface area contributed by atoms with E-state index in [1.165, 1.54) is 7.11 Å². The highest BCUT2D eigenvalue weighted by Crippen LogP contribution is 2.31. The van der Waals surface area contributed by atoms with Crippen LogP contribution in [-0.4, -0.2) is 18.1 Å². The van der Waals surface area contributed by atoms with Crippen molar-refractivity contribution >= 4 is 34.0 Å². The number of carbonyl (C=O) groups is 1. The molecule has 0 unspecified atom stereocenters. The Bertz CT molecular complexity index is 878. The second kappa shape index (κ2) is 5.66. The third kappa shape index (κ3) is 2.49. The molecule has 5 heteroatoms. The van der Waals surface area contributed by atoms with Gasteiger partial charge in [0.05, 0.1) is 12.8 Å². The fourth-order valence-corrected chi connectivity index (χ4v) is 2.53. The van der Waals surface area contributed by atoms with Crippen molar-refractivity contribution in [3.63, 3.8) is 0 Å². The molecule has 0 saturated carbocycles. The molecule has 0 radical (unpaired) electrons. The Balaban J connectivity index is 2.15. The Morgan fingerprint density at radius 2 is 1.95 bits per heavy atom. The number of methoxy groups -OCH3 is 1. The number of rotatable bonds is 2. The molecule has 1 aromatic heterocycles. The first kappa shape index (κ1) is 14.4. The van der Waals surface area contributed by atoms with Crippen molar-refractivity contribution in [3.05, 3.63) is 59.2 Å². The number of ether oxygens (including phenoxy) is 1. The average molecular weight is 313 g/mol. The van der Waals surface area contributed by atoms with Crippen LogP contribution >= 0.6 is 11.6 Å². The molecule has 2 N–H and O–H groups in total. The zero-order chi connectivity index (χ0) is 15.7. The first-order chi connectivity index (χ1) is 10.6. The van der Waals surface area contributed by atoms with Crippen LogP contribution in [-0.2, 0) is 4.74 Å². The van der Waals surface area contributed by atoms with E-state index in [-0.39, 0.29) is 5.69 Å². The van der Waals surface area contributed by atoms with Crippen molar-refractivity contribution in [1.29, 1.82) is 0 Å². The molecule has 0 fully saturated rings. The lowest BCUT2D eigenvalue weighted by molar-refractivity contribution is 0.0594. The monoisotopic (exact) mass is 312 g/mol. The summed E-state index contributed by atoms with van der Waals surface area (Å²) in [5, 5.41) is 2.39. The summed E-state index contributed by atoms with van der Waals surface area (Å²) in [7, 11) is 1.33. The Labute approximate surface area is 132 Å². The molecule has 2 aromatic carbocycles. The summed E-state index contributed by atoms with van der Waals surface area (Å²) in [6.45, 7) is 0. The minimum Gasteiger partial charge on any atom is -0.464 e. The second-order valence-corrected chi connectivity index (χ2v) is 5.20. The molecule has 0 aliphatic rings. The summed E-state index contributed by atoms with van der Waals surface area (Å²) in [6.07, 6.45) is 0. The van der Waals surface area contributed by atoms with E-state index in [9.17, 15) is 4.79 Å². The van der Waals surface area contributed by atoms with Crippen molar-refractivity contribution in [1.82, 2.24) is 4.98 Å². The summed E-state index contributed by atoms with van der Waals surface area (Å²) < 4.78 is 4.69. The molecule has 4 nitrogen and oxygen atoms in total. The van der Waals surface area contributed by atoms with Crippen molar-refractivity contribution in [3.8, 4) is 11.3 Å². The Morgan fingerprint density at radius 1 is 1.14 bits per heavy atom. The molecular weight excluding hydrogens is 300 g/mol. The first-order valence-corrected chi connectivity index (χ1v) is 7.01. The average Bonchev–Trinajstić information content (AvgIpc) is 2.57.